The summed E-state index contributed by atoms with van der Waals surface area (Å²) in [4.78, 5) is 10.9. The van der Waals surface area contributed by atoms with Crippen molar-refractivity contribution in [2.24, 2.45) is 0 Å². The molecule has 1 unspecified atom stereocenters. The van der Waals surface area contributed by atoms with E-state index in [2.05, 4.69) is 5.32 Å². The summed E-state index contributed by atoms with van der Waals surface area (Å²) in [7, 11) is 0. The van der Waals surface area contributed by atoms with Gasteiger partial charge in [-0.25, -0.2) is 8.78 Å². The van der Waals surface area contributed by atoms with Gasteiger partial charge >= 0.3 is 0 Å². The number of aldehydes is 1. The van der Waals surface area contributed by atoms with Gasteiger partial charge in [0.2, 0.25) is 0 Å². The van der Waals surface area contributed by atoms with Crippen LogP contribution in [0.5, 0.6) is 0 Å². The summed E-state index contributed by atoms with van der Waals surface area (Å²) in [5.74, 6) is -2.07. The van der Waals surface area contributed by atoms with Crippen LogP contribution in [0.3, 0.4) is 0 Å². The van der Waals surface area contributed by atoms with E-state index < -0.39 is 23.5 Å². The number of hydrogen-bond donors (Lipinski definition) is 1. The van der Waals surface area contributed by atoms with Crippen molar-refractivity contribution in [3.63, 3.8) is 0 Å². The molecule has 0 aromatic heterocycles. The number of nitrogens with one attached hydrogen (secondary N) is 1. The fourth-order valence-electron chi connectivity index (χ4n) is 2.22. The third kappa shape index (κ3) is 3.74. The maximum atomic E-state index is 13.0. The Hall–Kier alpha value is -1.53. The van der Waals surface area contributed by atoms with Crippen molar-refractivity contribution >= 4 is 12.0 Å². The van der Waals surface area contributed by atoms with Crippen LogP contribution in [0.2, 0.25) is 0 Å². The third-order valence-corrected chi connectivity index (χ3v) is 2.98. The standard InChI is InChI=1S/C14H17F2NO3/c1-14(2)19-12(13(8-18)20-14)3-4-17-11-6-9(15)5-10(16)7-11/h5-8,12-13,17H,3-4H2,1-2H3/t12-,13?/m1/s1. The van der Waals surface area contributed by atoms with Gasteiger partial charge in [0.15, 0.2) is 12.1 Å². The molecule has 1 aliphatic heterocycles. The highest BCUT2D eigenvalue weighted by molar-refractivity contribution is 5.57. The molecule has 0 amide bonds. The van der Waals surface area contributed by atoms with Crippen LogP contribution in [-0.4, -0.2) is 30.8 Å². The molecule has 2 rings (SSSR count). The van der Waals surface area contributed by atoms with E-state index in [-0.39, 0.29) is 6.10 Å². The molecule has 0 radical (unpaired) electrons. The normalized spacial score (nSPS) is 24.6. The summed E-state index contributed by atoms with van der Waals surface area (Å²) in [6, 6.07) is 3.22. The summed E-state index contributed by atoms with van der Waals surface area (Å²) in [6.45, 7) is 3.88. The quantitative estimate of drug-likeness (QED) is 0.844. The van der Waals surface area contributed by atoms with Gasteiger partial charge in [-0.15, -0.1) is 0 Å². The molecule has 0 saturated carbocycles. The lowest BCUT2D eigenvalue weighted by molar-refractivity contribution is -0.150. The Balaban J connectivity index is 1.88. The van der Waals surface area contributed by atoms with Gasteiger partial charge in [-0.2, -0.15) is 0 Å². The first kappa shape index (κ1) is 14.9. The van der Waals surface area contributed by atoms with E-state index >= 15 is 0 Å². The predicted octanol–water partition coefficient (Wildman–Crippen LogP) is 2.49. The fourth-order valence-corrected chi connectivity index (χ4v) is 2.22. The van der Waals surface area contributed by atoms with E-state index in [4.69, 9.17) is 9.47 Å². The van der Waals surface area contributed by atoms with E-state index in [1.54, 1.807) is 13.8 Å². The molecule has 1 heterocycles. The van der Waals surface area contributed by atoms with Crippen LogP contribution in [0.25, 0.3) is 0 Å². The summed E-state index contributed by atoms with van der Waals surface area (Å²) < 4.78 is 37.0. The van der Waals surface area contributed by atoms with Gasteiger partial charge in [-0.05, 0) is 32.4 Å². The van der Waals surface area contributed by atoms with Crippen molar-refractivity contribution in [2.45, 2.75) is 38.3 Å². The van der Waals surface area contributed by atoms with Gasteiger partial charge in [-0.1, -0.05) is 0 Å². The zero-order valence-corrected chi connectivity index (χ0v) is 11.4. The molecule has 4 nitrogen and oxygen atoms in total. The molecule has 0 bridgehead atoms. The summed E-state index contributed by atoms with van der Waals surface area (Å²) in [5, 5.41) is 2.89. The first-order valence-corrected chi connectivity index (χ1v) is 6.40. The highest BCUT2D eigenvalue weighted by Crippen LogP contribution is 2.28. The van der Waals surface area contributed by atoms with Crippen LogP contribution in [0, 0.1) is 11.6 Å². The SMILES string of the molecule is CC1(C)OC(C=O)[C@@H](CCNc2cc(F)cc(F)c2)O1. The number of anilines is 1. The van der Waals surface area contributed by atoms with Crippen LogP contribution in [-0.2, 0) is 14.3 Å². The van der Waals surface area contributed by atoms with Gasteiger partial charge in [-0.3, -0.25) is 0 Å². The van der Waals surface area contributed by atoms with E-state index in [0.29, 0.717) is 24.9 Å². The van der Waals surface area contributed by atoms with Crippen molar-refractivity contribution in [2.75, 3.05) is 11.9 Å². The average Bonchev–Trinajstić information content (AvgIpc) is 2.63. The monoisotopic (exact) mass is 285 g/mol. The third-order valence-electron chi connectivity index (χ3n) is 2.98. The second kappa shape index (κ2) is 5.85. The van der Waals surface area contributed by atoms with Crippen molar-refractivity contribution < 1.29 is 23.0 Å². The number of carbonyl (C=O) groups excluding carboxylic acids is 1. The molecule has 110 valence electrons. The smallest absolute Gasteiger partial charge is 0.164 e. The maximum absolute atomic E-state index is 13.0. The van der Waals surface area contributed by atoms with Crippen LogP contribution < -0.4 is 5.32 Å². The van der Waals surface area contributed by atoms with Crippen LogP contribution >= 0.6 is 0 Å². The molecule has 2 atom stereocenters. The van der Waals surface area contributed by atoms with E-state index in [0.717, 1.165) is 6.07 Å². The second-order valence-corrected chi connectivity index (χ2v) is 5.15. The Kier molecular flexibility index (Phi) is 4.35. The van der Waals surface area contributed by atoms with Crippen LogP contribution in [0.15, 0.2) is 18.2 Å². The highest BCUT2D eigenvalue weighted by Gasteiger charge is 2.40. The molecule has 20 heavy (non-hydrogen) atoms. The molecular formula is C14H17F2NO3. The lowest BCUT2D eigenvalue weighted by Gasteiger charge is -2.17. The number of ether oxygens (including phenoxy) is 2. The predicted molar refractivity (Wildman–Crippen MR) is 69.4 cm³/mol. The molecule has 1 saturated heterocycles. The number of benzene rings is 1. The van der Waals surface area contributed by atoms with Crippen molar-refractivity contribution in [1.29, 1.82) is 0 Å². The van der Waals surface area contributed by atoms with Crippen LogP contribution in [0.4, 0.5) is 14.5 Å². The van der Waals surface area contributed by atoms with Crippen molar-refractivity contribution in [3.05, 3.63) is 29.8 Å². The number of carbonyl (C=O) groups is 1. The number of halogens is 2. The minimum atomic E-state index is -0.790. The molecule has 1 aromatic rings. The largest absolute Gasteiger partial charge is 0.385 e. The topological polar surface area (TPSA) is 47.6 Å². The molecule has 1 fully saturated rings. The van der Waals surface area contributed by atoms with Gasteiger partial charge < -0.3 is 19.6 Å². The highest BCUT2D eigenvalue weighted by atomic mass is 19.1. The Morgan fingerprint density at radius 3 is 2.50 bits per heavy atom. The number of rotatable bonds is 5. The number of hydrogen-bond acceptors (Lipinski definition) is 4. The zero-order valence-electron chi connectivity index (χ0n) is 11.4. The Morgan fingerprint density at radius 2 is 1.90 bits per heavy atom. The van der Waals surface area contributed by atoms with Gasteiger partial charge in [0.25, 0.3) is 0 Å². The Morgan fingerprint density at radius 1 is 1.25 bits per heavy atom. The van der Waals surface area contributed by atoms with Gasteiger partial charge in [0.05, 0.1) is 6.10 Å². The lowest BCUT2D eigenvalue weighted by Crippen LogP contribution is -2.26. The van der Waals surface area contributed by atoms with Gasteiger partial charge in [0, 0.05) is 18.3 Å². The molecule has 0 spiro atoms. The van der Waals surface area contributed by atoms with Gasteiger partial charge in [0.1, 0.15) is 17.7 Å². The van der Waals surface area contributed by atoms with Crippen LogP contribution in [0.1, 0.15) is 20.3 Å². The Labute approximate surface area is 116 Å². The molecule has 1 aromatic carbocycles. The first-order valence-electron chi connectivity index (χ1n) is 6.40. The van der Waals surface area contributed by atoms with E-state index in [1.807, 2.05) is 0 Å². The van der Waals surface area contributed by atoms with E-state index in [9.17, 15) is 13.6 Å². The molecule has 1 aliphatic rings. The minimum Gasteiger partial charge on any atom is -0.385 e. The lowest BCUT2D eigenvalue weighted by atomic mass is 10.1. The first-order chi connectivity index (χ1) is 9.39. The Bertz CT molecular complexity index is 473. The molecule has 0 aliphatic carbocycles. The zero-order chi connectivity index (χ0) is 14.8. The summed E-state index contributed by atoms with van der Waals surface area (Å²) in [5.41, 5.74) is 0.350. The summed E-state index contributed by atoms with van der Waals surface area (Å²) >= 11 is 0. The molecule has 6 heteroatoms. The average molecular weight is 285 g/mol. The minimum absolute atomic E-state index is 0.350. The molecular weight excluding hydrogens is 268 g/mol. The molecule has 1 N–H and O–H groups in total. The van der Waals surface area contributed by atoms with Crippen molar-refractivity contribution in [3.8, 4) is 0 Å². The van der Waals surface area contributed by atoms with Crippen molar-refractivity contribution in [1.82, 2.24) is 0 Å². The second-order valence-electron chi connectivity index (χ2n) is 5.15. The maximum Gasteiger partial charge on any atom is 0.164 e. The van der Waals surface area contributed by atoms with E-state index in [1.165, 1.54) is 12.1 Å². The fraction of sp³-hybridized carbons (Fsp3) is 0.500. The summed E-state index contributed by atoms with van der Waals surface area (Å²) in [6.07, 6.45) is 0.219.